The van der Waals surface area contributed by atoms with E-state index >= 15 is 0 Å². The first-order valence-corrected chi connectivity index (χ1v) is 15.7. The van der Waals surface area contributed by atoms with Gasteiger partial charge in [-0.1, -0.05) is 61.0 Å². The van der Waals surface area contributed by atoms with Crippen molar-refractivity contribution in [2.75, 3.05) is 24.2 Å². The number of benzene rings is 3. The molecule has 13 heteroatoms. The van der Waals surface area contributed by atoms with Crippen LogP contribution in [0.1, 0.15) is 31.4 Å². The first-order chi connectivity index (χ1) is 20.3. The van der Waals surface area contributed by atoms with Crippen LogP contribution in [0.3, 0.4) is 0 Å². The van der Waals surface area contributed by atoms with Crippen LogP contribution in [0.5, 0.6) is 5.75 Å². The lowest BCUT2D eigenvalue weighted by Crippen LogP contribution is -2.54. The van der Waals surface area contributed by atoms with E-state index in [-0.39, 0.29) is 36.1 Å². The van der Waals surface area contributed by atoms with Crippen LogP contribution in [0.2, 0.25) is 5.02 Å². The molecular formula is C30H35ClN4O7S. The third-order valence-electron chi connectivity index (χ3n) is 6.84. The summed E-state index contributed by atoms with van der Waals surface area (Å²) in [5.74, 6) is -1.10. The van der Waals surface area contributed by atoms with E-state index in [0.717, 1.165) is 22.2 Å². The van der Waals surface area contributed by atoms with Crippen molar-refractivity contribution in [1.29, 1.82) is 0 Å². The van der Waals surface area contributed by atoms with Crippen molar-refractivity contribution >= 4 is 44.8 Å². The number of non-ortho nitro benzene ring substituents is 1. The first kappa shape index (κ1) is 33.3. The lowest BCUT2D eigenvalue weighted by molar-refractivity contribution is -0.384. The fraction of sp³-hybridized carbons (Fsp3) is 0.333. The fourth-order valence-electron chi connectivity index (χ4n) is 4.41. The van der Waals surface area contributed by atoms with E-state index in [9.17, 15) is 28.1 Å². The van der Waals surface area contributed by atoms with Crippen molar-refractivity contribution in [2.24, 2.45) is 0 Å². The largest absolute Gasteiger partial charge is 0.495 e. The van der Waals surface area contributed by atoms with Crippen LogP contribution in [0.4, 0.5) is 11.4 Å². The molecule has 0 aliphatic rings. The number of nitro groups is 1. The van der Waals surface area contributed by atoms with Gasteiger partial charge >= 0.3 is 0 Å². The summed E-state index contributed by atoms with van der Waals surface area (Å²) >= 11 is 6.23. The van der Waals surface area contributed by atoms with Gasteiger partial charge in [0.1, 0.15) is 24.0 Å². The molecule has 0 saturated carbocycles. The van der Waals surface area contributed by atoms with Gasteiger partial charge in [-0.3, -0.25) is 24.0 Å². The number of nitro benzene ring substituents is 1. The van der Waals surface area contributed by atoms with Crippen LogP contribution in [-0.4, -0.2) is 62.0 Å². The number of methoxy groups -OCH3 is 1. The van der Waals surface area contributed by atoms with Crippen LogP contribution in [-0.2, 0) is 32.6 Å². The monoisotopic (exact) mass is 630 g/mol. The number of anilines is 1. The Hall–Kier alpha value is -4.16. The third-order valence-corrected chi connectivity index (χ3v) is 8.20. The molecule has 0 spiro atoms. The Kier molecular flexibility index (Phi) is 11.5. The lowest BCUT2D eigenvalue weighted by Gasteiger charge is -2.34. The predicted octanol–water partition coefficient (Wildman–Crippen LogP) is 4.58. The summed E-state index contributed by atoms with van der Waals surface area (Å²) in [6.07, 6.45) is 1.69. The zero-order valence-corrected chi connectivity index (χ0v) is 26.0. The highest BCUT2D eigenvalue weighted by Crippen LogP contribution is 2.34. The minimum absolute atomic E-state index is 0.0144. The summed E-state index contributed by atoms with van der Waals surface area (Å²) < 4.78 is 32.2. The summed E-state index contributed by atoms with van der Waals surface area (Å²) in [5.41, 5.74) is 0.839. The van der Waals surface area contributed by atoms with Crippen molar-refractivity contribution in [1.82, 2.24) is 10.2 Å². The summed E-state index contributed by atoms with van der Waals surface area (Å²) in [6, 6.07) is 18.2. The van der Waals surface area contributed by atoms with Crippen molar-refractivity contribution in [3.05, 3.63) is 99.1 Å². The average Bonchev–Trinajstić information content (AvgIpc) is 2.97. The van der Waals surface area contributed by atoms with Gasteiger partial charge in [0.25, 0.3) is 5.69 Å². The molecule has 2 amide bonds. The Morgan fingerprint density at radius 1 is 1.05 bits per heavy atom. The number of amides is 2. The maximum atomic E-state index is 14.2. The molecule has 0 aliphatic carbocycles. The van der Waals surface area contributed by atoms with Crippen molar-refractivity contribution < 1.29 is 27.7 Å². The highest BCUT2D eigenvalue weighted by atomic mass is 35.5. The van der Waals surface area contributed by atoms with Gasteiger partial charge in [0.05, 0.1) is 18.3 Å². The summed E-state index contributed by atoms with van der Waals surface area (Å²) in [4.78, 5) is 40.1. The highest BCUT2D eigenvalue weighted by Gasteiger charge is 2.34. The van der Waals surface area contributed by atoms with E-state index in [1.165, 1.54) is 24.1 Å². The molecule has 3 aromatic carbocycles. The van der Waals surface area contributed by atoms with Gasteiger partial charge in [-0.2, -0.15) is 0 Å². The molecule has 0 saturated heterocycles. The Labute approximate surface area is 256 Å². The average molecular weight is 631 g/mol. The van der Waals surface area contributed by atoms with Crippen LogP contribution in [0, 0.1) is 10.1 Å². The Bertz CT molecular complexity index is 1550. The molecule has 0 fully saturated rings. The van der Waals surface area contributed by atoms with Crippen molar-refractivity contribution in [2.45, 2.75) is 45.3 Å². The molecule has 3 aromatic rings. The molecule has 0 heterocycles. The second-order valence-electron chi connectivity index (χ2n) is 10.1. The van der Waals surface area contributed by atoms with Crippen LogP contribution < -0.4 is 14.4 Å². The smallest absolute Gasteiger partial charge is 0.271 e. The van der Waals surface area contributed by atoms with E-state index in [0.29, 0.717) is 17.0 Å². The molecule has 0 aromatic heterocycles. The Morgan fingerprint density at radius 2 is 1.72 bits per heavy atom. The predicted molar refractivity (Wildman–Crippen MR) is 166 cm³/mol. The van der Waals surface area contributed by atoms with Crippen LogP contribution in [0.15, 0.2) is 72.8 Å². The number of nitrogens with zero attached hydrogens (tertiary/aromatic N) is 3. The molecule has 0 radical (unpaired) electrons. The second-order valence-corrected chi connectivity index (χ2v) is 12.4. The van der Waals surface area contributed by atoms with E-state index in [1.54, 1.807) is 24.3 Å². The maximum absolute atomic E-state index is 14.2. The van der Waals surface area contributed by atoms with Crippen LogP contribution in [0.25, 0.3) is 0 Å². The van der Waals surface area contributed by atoms with E-state index < -0.39 is 39.3 Å². The molecule has 0 bridgehead atoms. The Balaban J connectivity index is 2.13. The minimum Gasteiger partial charge on any atom is -0.495 e. The topological polar surface area (TPSA) is 139 Å². The zero-order valence-electron chi connectivity index (χ0n) is 24.4. The maximum Gasteiger partial charge on any atom is 0.271 e. The molecule has 230 valence electrons. The lowest BCUT2D eigenvalue weighted by atomic mass is 10.0. The molecule has 43 heavy (non-hydrogen) atoms. The van der Waals surface area contributed by atoms with E-state index in [1.807, 2.05) is 44.2 Å². The van der Waals surface area contributed by atoms with Gasteiger partial charge in [-0.25, -0.2) is 8.42 Å². The molecule has 11 nitrogen and oxygen atoms in total. The number of hydrogen-bond acceptors (Lipinski definition) is 7. The normalized spacial score (nSPS) is 12.6. The number of hydrogen-bond donors (Lipinski definition) is 1. The number of ether oxygens (including phenoxy) is 1. The van der Waals surface area contributed by atoms with Crippen molar-refractivity contribution in [3.8, 4) is 5.75 Å². The SMILES string of the molecule is CC[C@H](C)NC(=O)[C@H](Cc1ccccc1)N(Cc1cccc(Cl)c1)C(=O)CN(c1cc([N+](=O)[O-])ccc1OC)S(C)(=O)=O. The zero-order chi connectivity index (χ0) is 31.7. The van der Waals surface area contributed by atoms with Gasteiger partial charge in [0.15, 0.2) is 0 Å². The summed E-state index contributed by atoms with van der Waals surface area (Å²) in [6.45, 7) is 2.95. The number of sulfonamides is 1. The van der Waals surface area contributed by atoms with Gasteiger partial charge in [0, 0.05) is 36.2 Å². The molecule has 0 unspecified atom stereocenters. The minimum atomic E-state index is -4.17. The van der Waals surface area contributed by atoms with Gasteiger partial charge in [0.2, 0.25) is 21.8 Å². The van der Waals surface area contributed by atoms with Gasteiger partial charge in [-0.15, -0.1) is 0 Å². The molecule has 2 atom stereocenters. The van der Waals surface area contributed by atoms with E-state index in [2.05, 4.69) is 5.32 Å². The quantitative estimate of drug-likeness (QED) is 0.203. The Morgan fingerprint density at radius 3 is 2.30 bits per heavy atom. The van der Waals surface area contributed by atoms with Gasteiger partial charge < -0.3 is 15.0 Å². The molecular weight excluding hydrogens is 596 g/mol. The standard InChI is InChI=1S/C30H35ClN4O7S/c1-5-21(2)32-30(37)27(17-22-10-7-6-8-11-22)33(19-23-12-9-13-24(31)16-23)29(36)20-34(43(4,40)41)26-18-25(35(38)39)14-15-28(26)42-3/h6-16,18,21,27H,5,17,19-20H2,1-4H3,(H,32,37)/t21-,27-/m0/s1. The van der Waals surface area contributed by atoms with E-state index in [4.69, 9.17) is 16.3 Å². The number of carbonyl (C=O) groups excluding carboxylic acids is 2. The number of halogens is 1. The summed E-state index contributed by atoms with van der Waals surface area (Å²) in [7, 11) is -2.88. The van der Waals surface area contributed by atoms with Crippen LogP contribution >= 0.6 is 11.6 Å². The molecule has 3 rings (SSSR count). The molecule has 1 N–H and O–H groups in total. The molecule has 0 aliphatic heterocycles. The second kappa shape index (κ2) is 14.8. The fourth-order valence-corrected chi connectivity index (χ4v) is 5.47. The van der Waals surface area contributed by atoms with Crippen molar-refractivity contribution in [3.63, 3.8) is 0 Å². The number of rotatable bonds is 14. The highest BCUT2D eigenvalue weighted by molar-refractivity contribution is 7.92. The van der Waals surface area contributed by atoms with Gasteiger partial charge in [-0.05, 0) is 42.7 Å². The summed E-state index contributed by atoms with van der Waals surface area (Å²) in [5, 5.41) is 14.9. The first-order valence-electron chi connectivity index (χ1n) is 13.5. The number of nitrogens with one attached hydrogen (secondary N) is 1. The third kappa shape index (κ3) is 9.16. The number of carbonyl (C=O) groups is 2.